The van der Waals surface area contributed by atoms with Crippen LogP contribution in [0.5, 0.6) is 5.75 Å². The van der Waals surface area contributed by atoms with Crippen molar-refractivity contribution < 1.29 is 18.8 Å². The van der Waals surface area contributed by atoms with Crippen molar-refractivity contribution in [3.8, 4) is 11.4 Å². The van der Waals surface area contributed by atoms with Gasteiger partial charge in [0.2, 0.25) is 0 Å². The Balaban J connectivity index is 1.95. The van der Waals surface area contributed by atoms with Crippen LogP contribution in [0.25, 0.3) is 5.69 Å². The molecule has 7 heteroatoms. The zero-order valence-electron chi connectivity index (χ0n) is 14.8. The number of aromatic nitrogens is 2. The maximum absolute atomic E-state index is 6.14. The average molecular weight is 330 g/mol. The lowest BCUT2D eigenvalue weighted by molar-refractivity contribution is 0.00578. The smallest absolute Gasteiger partial charge is 0.468 e. The molecular weight excluding hydrogens is 307 g/mol. The van der Waals surface area contributed by atoms with Crippen LogP contribution in [0, 0.1) is 0 Å². The van der Waals surface area contributed by atoms with Gasteiger partial charge in [0.05, 0.1) is 23.2 Å². The Labute approximate surface area is 142 Å². The summed E-state index contributed by atoms with van der Waals surface area (Å²) >= 11 is 0. The second kappa shape index (κ2) is 6.24. The van der Waals surface area contributed by atoms with E-state index in [0.29, 0.717) is 5.75 Å². The highest BCUT2D eigenvalue weighted by Crippen LogP contribution is 2.37. The molecule has 24 heavy (non-hydrogen) atoms. The summed E-state index contributed by atoms with van der Waals surface area (Å²) in [6.45, 7) is 8.27. The third-order valence-corrected chi connectivity index (χ3v) is 4.64. The minimum atomic E-state index is -0.487. The van der Waals surface area contributed by atoms with Crippen LogP contribution in [0.3, 0.4) is 0 Å². The summed E-state index contributed by atoms with van der Waals surface area (Å²) in [5.74, 6) is 0.668. The Morgan fingerprint density at radius 2 is 1.88 bits per heavy atom. The molecule has 0 spiro atoms. The molecule has 0 unspecified atom stereocenters. The van der Waals surface area contributed by atoms with E-state index >= 15 is 0 Å². The van der Waals surface area contributed by atoms with Gasteiger partial charge in [-0.2, -0.15) is 0 Å². The molecule has 1 saturated heterocycles. The molecule has 1 aliphatic heterocycles. The average Bonchev–Trinajstić information content (AvgIpc) is 3.12. The van der Waals surface area contributed by atoms with E-state index in [0.717, 1.165) is 11.2 Å². The first kappa shape index (κ1) is 17.0. The maximum Gasteiger partial charge on any atom is 0.498 e. The zero-order valence-corrected chi connectivity index (χ0v) is 14.8. The van der Waals surface area contributed by atoms with Crippen molar-refractivity contribution >= 4 is 12.6 Å². The Kier molecular flexibility index (Phi) is 4.42. The Morgan fingerprint density at radius 3 is 2.46 bits per heavy atom. The van der Waals surface area contributed by atoms with Crippen LogP contribution in [-0.2, 0) is 14.0 Å². The van der Waals surface area contributed by atoms with Gasteiger partial charge in [0, 0.05) is 31.0 Å². The fourth-order valence-electron chi connectivity index (χ4n) is 2.51. The summed E-state index contributed by atoms with van der Waals surface area (Å²) in [6.07, 6.45) is 5.35. The number of ether oxygens (including phenoxy) is 2. The van der Waals surface area contributed by atoms with Crippen molar-refractivity contribution in [2.75, 3.05) is 13.9 Å². The first-order chi connectivity index (χ1) is 11.3. The Morgan fingerprint density at radius 1 is 1.17 bits per heavy atom. The van der Waals surface area contributed by atoms with Crippen LogP contribution in [0.15, 0.2) is 36.9 Å². The molecule has 3 rings (SSSR count). The van der Waals surface area contributed by atoms with E-state index in [1.54, 1.807) is 19.6 Å². The summed E-state index contributed by atoms with van der Waals surface area (Å²) < 4.78 is 25.0. The molecule has 1 aromatic carbocycles. The fraction of sp³-hybridized carbons (Fsp3) is 0.471. The van der Waals surface area contributed by atoms with Gasteiger partial charge in [0.15, 0.2) is 6.79 Å². The third kappa shape index (κ3) is 3.07. The third-order valence-electron chi connectivity index (χ3n) is 4.64. The predicted molar refractivity (Wildman–Crippen MR) is 91.8 cm³/mol. The molecule has 2 heterocycles. The highest BCUT2D eigenvalue weighted by molar-refractivity contribution is 6.63. The molecule has 1 fully saturated rings. The molecule has 0 saturated carbocycles. The largest absolute Gasteiger partial charge is 0.498 e. The number of benzene rings is 1. The highest BCUT2D eigenvalue weighted by Gasteiger charge is 2.52. The molecule has 1 aliphatic rings. The summed E-state index contributed by atoms with van der Waals surface area (Å²) in [5, 5.41) is 0. The SMILES string of the molecule is COCOc1cc(-n2ccnc2)ccc1B1OC(C)(C)C(C)(C)O1. The van der Waals surface area contributed by atoms with Crippen molar-refractivity contribution in [1.82, 2.24) is 9.55 Å². The van der Waals surface area contributed by atoms with Crippen LogP contribution in [0.1, 0.15) is 27.7 Å². The van der Waals surface area contributed by atoms with E-state index in [2.05, 4.69) is 4.98 Å². The molecule has 0 amide bonds. The zero-order chi connectivity index (χ0) is 17.4. The number of hydrogen-bond donors (Lipinski definition) is 0. The van der Waals surface area contributed by atoms with Crippen LogP contribution >= 0.6 is 0 Å². The Bertz CT molecular complexity index is 685. The lowest BCUT2D eigenvalue weighted by Crippen LogP contribution is -2.41. The lowest BCUT2D eigenvalue weighted by Gasteiger charge is -2.32. The standard InChI is InChI=1S/C17H23BN2O4/c1-16(2)17(3,4)24-18(23-16)14-7-6-13(20-9-8-19-11-20)10-15(14)22-12-21-5/h6-11H,12H2,1-5H3. The van der Waals surface area contributed by atoms with E-state index in [1.807, 2.05) is 56.7 Å². The van der Waals surface area contributed by atoms with Crippen molar-refractivity contribution in [2.45, 2.75) is 38.9 Å². The van der Waals surface area contributed by atoms with E-state index < -0.39 is 18.3 Å². The van der Waals surface area contributed by atoms with Crippen LogP contribution in [0.4, 0.5) is 0 Å². The van der Waals surface area contributed by atoms with Crippen molar-refractivity contribution in [2.24, 2.45) is 0 Å². The van der Waals surface area contributed by atoms with Gasteiger partial charge in [-0.15, -0.1) is 0 Å². The van der Waals surface area contributed by atoms with Gasteiger partial charge in [-0.1, -0.05) is 6.07 Å². The quantitative estimate of drug-likeness (QED) is 0.621. The maximum atomic E-state index is 6.14. The summed E-state index contributed by atoms with van der Waals surface area (Å²) in [4.78, 5) is 4.08. The predicted octanol–water partition coefficient (Wildman–Crippen LogP) is 2.15. The van der Waals surface area contributed by atoms with Gasteiger partial charge in [-0.3, -0.25) is 0 Å². The van der Waals surface area contributed by atoms with Crippen LogP contribution in [0.2, 0.25) is 0 Å². The normalized spacial score (nSPS) is 18.8. The molecule has 0 bridgehead atoms. The number of nitrogens with zero attached hydrogens (tertiary/aromatic N) is 2. The van der Waals surface area contributed by atoms with Crippen LogP contribution in [-0.4, -0.2) is 41.8 Å². The van der Waals surface area contributed by atoms with Gasteiger partial charge in [0.25, 0.3) is 0 Å². The second-order valence-corrected chi connectivity index (χ2v) is 6.83. The Hall–Kier alpha value is -1.83. The van der Waals surface area contributed by atoms with Crippen LogP contribution < -0.4 is 10.2 Å². The summed E-state index contributed by atoms with van der Waals surface area (Å²) in [6, 6.07) is 5.88. The lowest BCUT2D eigenvalue weighted by atomic mass is 9.78. The molecule has 0 atom stereocenters. The molecule has 0 aliphatic carbocycles. The number of imidazole rings is 1. The number of methoxy groups -OCH3 is 1. The molecule has 2 aromatic rings. The van der Waals surface area contributed by atoms with Crippen molar-refractivity contribution in [3.05, 3.63) is 36.9 Å². The summed E-state index contributed by atoms with van der Waals surface area (Å²) in [7, 11) is 1.10. The highest BCUT2D eigenvalue weighted by atomic mass is 16.7. The van der Waals surface area contributed by atoms with E-state index in [4.69, 9.17) is 18.8 Å². The monoisotopic (exact) mass is 330 g/mol. The number of rotatable bonds is 5. The summed E-state index contributed by atoms with van der Waals surface area (Å²) in [5.41, 5.74) is 0.978. The molecule has 128 valence electrons. The van der Waals surface area contributed by atoms with E-state index in [1.165, 1.54) is 0 Å². The first-order valence-corrected chi connectivity index (χ1v) is 7.94. The topological polar surface area (TPSA) is 54.7 Å². The van der Waals surface area contributed by atoms with Gasteiger partial charge in [-0.05, 0) is 33.8 Å². The van der Waals surface area contributed by atoms with Gasteiger partial charge >= 0.3 is 7.12 Å². The second-order valence-electron chi connectivity index (χ2n) is 6.83. The van der Waals surface area contributed by atoms with Gasteiger partial charge < -0.3 is 23.3 Å². The molecular formula is C17H23BN2O4. The van der Waals surface area contributed by atoms with Crippen molar-refractivity contribution in [3.63, 3.8) is 0 Å². The molecule has 6 nitrogen and oxygen atoms in total. The first-order valence-electron chi connectivity index (χ1n) is 7.94. The molecule has 0 N–H and O–H groups in total. The molecule has 1 aromatic heterocycles. The minimum Gasteiger partial charge on any atom is -0.468 e. The van der Waals surface area contributed by atoms with Crippen molar-refractivity contribution in [1.29, 1.82) is 0 Å². The van der Waals surface area contributed by atoms with Gasteiger partial charge in [-0.25, -0.2) is 4.98 Å². The van der Waals surface area contributed by atoms with Gasteiger partial charge in [0.1, 0.15) is 5.75 Å². The van der Waals surface area contributed by atoms with E-state index in [9.17, 15) is 0 Å². The molecule has 0 radical (unpaired) electrons. The van der Waals surface area contributed by atoms with E-state index in [-0.39, 0.29) is 6.79 Å². The fourth-order valence-corrected chi connectivity index (χ4v) is 2.51. The number of hydrogen-bond acceptors (Lipinski definition) is 5. The minimum absolute atomic E-state index is 0.153.